The summed E-state index contributed by atoms with van der Waals surface area (Å²) in [6.07, 6.45) is 1.80. The number of nitrogens with one attached hydrogen (secondary N) is 1. The fourth-order valence-electron chi connectivity index (χ4n) is 3.82. The number of likely N-dealkylation sites (N-methyl/N-ethyl adjacent to an activating group) is 1. The molecule has 146 valence electrons. The number of benzene rings is 2. The highest BCUT2D eigenvalue weighted by Crippen LogP contribution is 2.29. The van der Waals surface area contributed by atoms with Crippen molar-refractivity contribution < 1.29 is 14.1 Å². The van der Waals surface area contributed by atoms with Crippen molar-refractivity contribution in [1.82, 2.24) is 9.88 Å². The van der Waals surface area contributed by atoms with Gasteiger partial charge in [-0.2, -0.15) is 0 Å². The molecule has 6 heteroatoms. The van der Waals surface area contributed by atoms with Crippen molar-refractivity contribution in [1.29, 1.82) is 0 Å². The van der Waals surface area contributed by atoms with Crippen molar-refractivity contribution in [2.45, 2.75) is 25.3 Å². The summed E-state index contributed by atoms with van der Waals surface area (Å²) in [5, 5.41) is 0.735. The number of nitrogens with zero attached hydrogens (tertiary/aromatic N) is 2. The van der Waals surface area contributed by atoms with Gasteiger partial charge in [0, 0.05) is 29.6 Å². The molecule has 4 rings (SSSR count). The largest absolute Gasteiger partial charge is 0.440 e. The number of likely N-dealkylation sites (tertiary alicyclic amines) is 1. The molecule has 0 saturated carbocycles. The summed E-state index contributed by atoms with van der Waals surface area (Å²) < 4.78 is 5.91. The highest BCUT2D eigenvalue weighted by Gasteiger charge is 2.28. The van der Waals surface area contributed by atoms with Crippen LogP contribution in [0, 0.1) is 0 Å². The van der Waals surface area contributed by atoms with Gasteiger partial charge in [-0.1, -0.05) is 35.9 Å². The van der Waals surface area contributed by atoms with Gasteiger partial charge in [0.1, 0.15) is 12.1 Å². The minimum Gasteiger partial charge on any atom is -0.440 e. The van der Waals surface area contributed by atoms with E-state index in [0.29, 0.717) is 6.54 Å². The predicted octanol–water partition coefficient (Wildman–Crippen LogP) is 2.90. The molecule has 1 aliphatic rings. The Labute approximate surface area is 169 Å². The maximum absolute atomic E-state index is 12.7. The first-order valence-electron chi connectivity index (χ1n) is 9.77. The second-order valence-electron chi connectivity index (χ2n) is 7.61. The van der Waals surface area contributed by atoms with E-state index in [1.54, 1.807) is 0 Å². The molecule has 28 heavy (non-hydrogen) atoms. The lowest BCUT2D eigenvalue weighted by atomic mass is 9.97. The number of para-hydroxylation sites is 2. The van der Waals surface area contributed by atoms with Crippen LogP contribution in [0.3, 0.4) is 0 Å². The molecule has 2 aromatic carbocycles. The fourth-order valence-corrected chi connectivity index (χ4v) is 3.95. The van der Waals surface area contributed by atoms with Crippen molar-refractivity contribution in [2.75, 3.05) is 26.7 Å². The van der Waals surface area contributed by atoms with Crippen LogP contribution in [0.15, 0.2) is 52.9 Å². The van der Waals surface area contributed by atoms with Crippen LogP contribution in [0.4, 0.5) is 0 Å². The summed E-state index contributed by atoms with van der Waals surface area (Å²) in [6, 6.07) is 15.7. The molecule has 1 N–H and O–H groups in total. The van der Waals surface area contributed by atoms with Gasteiger partial charge in [0.2, 0.25) is 0 Å². The molecule has 3 aromatic rings. The topological polar surface area (TPSA) is 50.8 Å². The Morgan fingerprint density at radius 1 is 1.18 bits per heavy atom. The quantitative estimate of drug-likeness (QED) is 0.719. The monoisotopic (exact) mass is 398 g/mol. The predicted molar refractivity (Wildman–Crippen MR) is 109 cm³/mol. The first-order chi connectivity index (χ1) is 13.6. The van der Waals surface area contributed by atoms with Gasteiger partial charge in [0.25, 0.3) is 5.91 Å². The van der Waals surface area contributed by atoms with Gasteiger partial charge in [0.15, 0.2) is 18.0 Å². The highest BCUT2D eigenvalue weighted by molar-refractivity contribution is 6.30. The third kappa shape index (κ3) is 4.37. The van der Waals surface area contributed by atoms with E-state index in [-0.39, 0.29) is 11.8 Å². The van der Waals surface area contributed by atoms with E-state index in [1.807, 2.05) is 53.4 Å². The van der Waals surface area contributed by atoms with E-state index in [0.717, 1.165) is 54.5 Å². The van der Waals surface area contributed by atoms with E-state index in [2.05, 4.69) is 12.0 Å². The van der Waals surface area contributed by atoms with E-state index in [4.69, 9.17) is 16.0 Å². The van der Waals surface area contributed by atoms with Gasteiger partial charge in [0.05, 0.1) is 7.05 Å². The number of piperidine rings is 1. The summed E-state index contributed by atoms with van der Waals surface area (Å²) in [5.74, 6) is 1.30. The summed E-state index contributed by atoms with van der Waals surface area (Å²) >= 11 is 5.93. The average Bonchev–Trinajstić information content (AvgIpc) is 3.14. The van der Waals surface area contributed by atoms with Crippen LogP contribution >= 0.6 is 11.6 Å². The molecule has 1 unspecified atom stereocenters. The number of hydrogen-bond donors (Lipinski definition) is 1. The van der Waals surface area contributed by atoms with Gasteiger partial charge in [-0.3, -0.25) is 4.79 Å². The Hall–Kier alpha value is -2.37. The normalized spacial score (nSPS) is 16.4. The smallest absolute Gasteiger partial charge is 0.277 e. The van der Waals surface area contributed by atoms with Crippen LogP contribution in [-0.2, 0) is 11.3 Å². The van der Waals surface area contributed by atoms with Gasteiger partial charge >= 0.3 is 0 Å². The van der Waals surface area contributed by atoms with Crippen LogP contribution in [-0.4, -0.2) is 42.5 Å². The number of oxazole rings is 1. The molecule has 2 heterocycles. The van der Waals surface area contributed by atoms with Crippen LogP contribution < -0.4 is 4.90 Å². The first kappa shape index (κ1) is 19.0. The standard InChI is InChI=1S/C22H24ClN3O2/c1-25(14-16-6-8-18(23)9-7-16)15-21(27)26-12-10-17(11-13-26)22-24-19-4-2-3-5-20(19)28-22/h2-9,17H,10-15H2,1H3/p+1. The number of rotatable bonds is 5. The molecule has 1 fully saturated rings. The number of hydrogen-bond acceptors (Lipinski definition) is 3. The van der Waals surface area contributed by atoms with E-state index in [9.17, 15) is 4.79 Å². The Balaban J connectivity index is 1.29. The molecule has 0 aliphatic carbocycles. The summed E-state index contributed by atoms with van der Waals surface area (Å²) in [7, 11) is 2.05. The number of aromatic nitrogens is 1. The third-order valence-electron chi connectivity index (χ3n) is 5.38. The molecule has 5 nitrogen and oxygen atoms in total. The van der Waals surface area contributed by atoms with Gasteiger partial charge in [-0.15, -0.1) is 0 Å². The molecule has 1 atom stereocenters. The molecule has 0 bridgehead atoms. The Morgan fingerprint density at radius 2 is 1.89 bits per heavy atom. The summed E-state index contributed by atoms with van der Waals surface area (Å²) in [5.41, 5.74) is 2.93. The fraction of sp³-hybridized carbons (Fsp3) is 0.364. The maximum atomic E-state index is 12.7. The molecule has 0 spiro atoms. The van der Waals surface area contributed by atoms with Gasteiger partial charge in [-0.05, 0) is 37.1 Å². The van der Waals surface area contributed by atoms with Crippen molar-refractivity contribution >= 4 is 28.6 Å². The second-order valence-corrected chi connectivity index (χ2v) is 8.05. The molecule has 0 radical (unpaired) electrons. The third-order valence-corrected chi connectivity index (χ3v) is 5.63. The number of quaternary nitrogens is 1. The van der Waals surface area contributed by atoms with Crippen molar-refractivity contribution in [3.05, 3.63) is 65.0 Å². The molecular weight excluding hydrogens is 374 g/mol. The van der Waals surface area contributed by atoms with Crippen molar-refractivity contribution in [2.24, 2.45) is 0 Å². The van der Waals surface area contributed by atoms with Gasteiger partial charge < -0.3 is 14.2 Å². The SMILES string of the molecule is C[NH+](CC(=O)N1CCC(c2nc3ccccc3o2)CC1)Cc1ccc(Cl)cc1. The summed E-state index contributed by atoms with van der Waals surface area (Å²) in [6.45, 7) is 2.82. The molecule has 1 aromatic heterocycles. The Kier molecular flexibility index (Phi) is 5.64. The lowest BCUT2D eigenvalue weighted by Gasteiger charge is -2.31. The average molecular weight is 399 g/mol. The summed E-state index contributed by atoms with van der Waals surface area (Å²) in [4.78, 5) is 20.5. The van der Waals surface area contributed by atoms with E-state index >= 15 is 0 Å². The van der Waals surface area contributed by atoms with Crippen molar-refractivity contribution in [3.8, 4) is 0 Å². The number of halogens is 1. The lowest BCUT2D eigenvalue weighted by molar-refractivity contribution is -0.885. The zero-order valence-corrected chi connectivity index (χ0v) is 16.8. The van der Waals surface area contributed by atoms with Crippen LogP contribution in [0.2, 0.25) is 5.02 Å². The Morgan fingerprint density at radius 3 is 2.61 bits per heavy atom. The minimum absolute atomic E-state index is 0.211. The number of carbonyl (C=O) groups excluding carboxylic acids is 1. The van der Waals surface area contributed by atoms with Crippen LogP contribution in [0.25, 0.3) is 11.1 Å². The van der Waals surface area contributed by atoms with Gasteiger partial charge in [-0.25, -0.2) is 4.98 Å². The van der Waals surface area contributed by atoms with Crippen LogP contribution in [0.5, 0.6) is 0 Å². The van der Waals surface area contributed by atoms with Crippen LogP contribution in [0.1, 0.15) is 30.2 Å². The molecule has 1 aliphatic heterocycles. The second kappa shape index (κ2) is 8.33. The number of amides is 1. The van der Waals surface area contributed by atoms with Crippen molar-refractivity contribution in [3.63, 3.8) is 0 Å². The minimum atomic E-state index is 0.211. The number of fused-ring (bicyclic) bond motifs is 1. The highest BCUT2D eigenvalue weighted by atomic mass is 35.5. The Bertz CT molecular complexity index is 913. The molecule has 1 saturated heterocycles. The first-order valence-corrected chi connectivity index (χ1v) is 10.2. The number of carbonyl (C=O) groups is 1. The zero-order valence-electron chi connectivity index (χ0n) is 16.0. The van der Waals surface area contributed by atoms with E-state index < -0.39 is 0 Å². The van der Waals surface area contributed by atoms with E-state index in [1.165, 1.54) is 10.5 Å². The molecular formula is C22H25ClN3O2+. The maximum Gasteiger partial charge on any atom is 0.277 e. The lowest BCUT2D eigenvalue weighted by Crippen LogP contribution is -3.08. The molecule has 1 amide bonds. The zero-order chi connectivity index (χ0) is 19.5.